The molecule has 0 atom stereocenters. The van der Waals surface area contributed by atoms with Gasteiger partial charge in [-0.15, -0.1) is 0 Å². The molecule has 0 aliphatic carbocycles. The lowest BCUT2D eigenvalue weighted by atomic mass is 10.0. The van der Waals surface area contributed by atoms with Crippen molar-refractivity contribution in [2.24, 2.45) is 0 Å². The van der Waals surface area contributed by atoms with Crippen LogP contribution in [0.15, 0.2) is 36.4 Å². The number of fused-ring (bicyclic) bond motifs is 1. The lowest BCUT2D eigenvalue weighted by Crippen LogP contribution is -2.17. The summed E-state index contributed by atoms with van der Waals surface area (Å²) in [5.74, 6) is -0.0660. The topological polar surface area (TPSA) is 61.4 Å². The molecule has 3 rings (SSSR count). The SMILES string of the molecule is Cc1ccc(C(=O)Nc2cccc3c2CCCN3)cc1O. The van der Waals surface area contributed by atoms with Crippen molar-refractivity contribution in [3.63, 3.8) is 0 Å². The standard InChI is InChI=1S/C17H18N2O2/c1-11-7-8-12(10-16(11)20)17(21)19-15-6-2-5-14-13(15)4-3-9-18-14/h2,5-8,10,18,20H,3-4,9H2,1H3,(H,19,21). The normalized spacial score (nSPS) is 13.2. The van der Waals surface area contributed by atoms with Crippen LogP contribution in [-0.4, -0.2) is 17.6 Å². The first-order valence-corrected chi connectivity index (χ1v) is 7.12. The Morgan fingerprint density at radius 2 is 2.14 bits per heavy atom. The van der Waals surface area contributed by atoms with Crippen molar-refractivity contribution in [2.45, 2.75) is 19.8 Å². The average molecular weight is 282 g/mol. The van der Waals surface area contributed by atoms with Gasteiger partial charge in [0.2, 0.25) is 0 Å². The molecule has 0 fully saturated rings. The number of carbonyl (C=O) groups excluding carboxylic acids is 1. The lowest BCUT2D eigenvalue weighted by Gasteiger charge is -2.21. The van der Waals surface area contributed by atoms with Crippen LogP contribution in [0.1, 0.15) is 27.9 Å². The summed E-state index contributed by atoms with van der Waals surface area (Å²) in [5, 5.41) is 16.0. The van der Waals surface area contributed by atoms with Gasteiger partial charge in [-0.25, -0.2) is 0 Å². The number of amides is 1. The van der Waals surface area contributed by atoms with Gasteiger partial charge < -0.3 is 15.7 Å². The van der Waals surface area contributed by atoms with Crippen molar-refractivity contribution >= 4 is 17.3 Å². The highest BCUT2D eigenvalue weighted by Gasteiger charge is 2.15. The highest BCUT2D eigenvalue weighted by Crippen LogP contribution is 2.29. The minimum Gasteiger partial charge on any atom is -0.508 e. The molecule has 21 heavy (non-hydrogen) atoms. The monoisotopic (exact) mass is 282 g/mol. The molecule has 4 heteroatoms. The quantitative estimate of drug-likeness (QED) is 0.792. The molecular formula is C17H18N2O2. The van der Waals surface area contributed by atoms with E-state index in [4.69, 9.17) is 0 Å². The van der Waals surface area contributed by atoms with Crippen LogP contribution in [0.5, 0.6) is 5.75 Å². The first-order valence-electron chi connectivity index (χ1n) is 7.12. The number of benzene rings is 2. The van der Waals surface area contributed by atoms with Crippen LogP contribution >= 0.6 is 0 Å². The number of anilines is 2. The fraction of sp³-hybridized carbons (Fsp3) is 0.235. The van der Waals surface area contributed by atoms with E-state index >= 15 is 0 Å². The number of nitrogens with one attached hydrogen (secondary N) is 2. The molecule has 1 aliphatic rings. The number of carbonyl (C=O) groups is 1. The molecule has 1 aliphatic heterocycles. The van der Waals surface area contributed by atoms with E-state index in [1.54, 1.807) is 19.1 Å². The summed E-state index contributed by atoms with van der Waals surface area (Å²) >= 11 is 0. The molecule has 0 bridgehead atoms. The van der Waals surface area contributed by atoms with E-state index in [2.05, 4.69) is 10.6 Å². The van der Waals surface area contributed by atoms with Gasteiger partial charge in [0.05, 0.1) is 0 Å². The third-order valence-electron chi connectivity index (χ3n) is 3.81. The summed E-state index contributed by atoms with van der Waals surface area (Å²) in [6.45, 7) is 2.77. The smallest absolute Gasteiger partial charge is 0.255 e. The van der Waals surface area contributed by atoms with Crippen LogP contribution in [0.3, 0.4) is 0 Å². The van der Waals surface area contributed by atoms with Gasteiger partial charge in [0.15, 0.2) is 0 Å². The zero-order valence-corrected chi connectivity index (χ0v) is 11.9. The van der Waals surface area contributed by atoms with Gasteiger partial charge in [-0.05, 0) is 55.2 Å². The van der Waals surface area contributed by atoms with E-state index in [9.17, 15) is 9.90 Å². The van der Waals surface area contributed by atoms with Crippen LogP contribution in [0.2, 0.25) is 0 Å². The third-order valence-corrected chi connectivity index (χ3v) is 3.81. The van der Waals surface area contributed by atoms with Gasteiger partial charge in [-0.2, -0.15) is 0 Å². The summed E-state index contributed by atoms with van der Waals surface area (Å²) in [6, 6.07) is 10.8. The molecular weight excluding hydrogens is 264 g/mol. The molecule has 0 saturated heterocycles. The zero-order valence-electron chi connectivity index (χ0n) is 11.9. The Labute approximate surface area is 123 Å². The first kappa shape index (κ1) is 13.5. The van der Waals surface area contributed by atoms with E-state index in [1.165, 1.54) is 6.07 Å². The molecule has 108 valence electrons. The number of hydrogen-bond acceptors (Lipinski definition) is 3. The Hall–Kier alpha value is -2.49. The van der Waals surface area contributed by atoms with E-state index in [1.807, 2.05) is 18.2 Å². The summed E-state index contributed by atoms with van der Waals surface area (Å²) in [7, 11) is 0. The Kier molecular flexibility index (Phi) is 3.52. The van der Waals surface area contributed by atoms with Gasteiger partial charge in [0.25, 0.3) is 5.91 Å². The predicted molar refractivity (Wildman–Crippen MR) is 84.0 cm³/mol. The number of rotatable bonds is 2. The number of hydrogen-bond donors (Lipinski definition) is 3. The largest absolute Gasteiger partial charge is 0.508 e. The Morgan fingerprint density at radius 1 is 1.29 bits per heavy atom. The Bertz CT molecular complexity index is 695. The van der Waals surface area contributed by atoms with Crippen molar-refractivity contribution in [1.82, 2.24) is 0 Å². The van der Waals surface area contributed by atoms with Gasteiger partial charge in [0.1, 0.15) is 5.75 Å². The maximum Gasteiger partial charge on any atom is 0.255 e. The van der Waals surface area contributed by atoms with Crippen molar-refractivity contribution in [2.75, 3.05) is 17.2 Å². The van der Waals surface area contributed by atoms with Crippen LogP contribution in [0.25, 0.3) is 0 Å². The molecule has 4 nitrogen and oxygen atoms in total. The molecule has 1 amide bonds. The van der Waals surface area contributed by atoms with Crippen LogP contribution in [0, 0.1) is 6.92 Å². The number of phenolic OH excluding ortho intramolecular Hbond substituents is 1. The van der Waals surface area contributed by atoms with Crippen LogP contribution in [0.4, 0.5) is 11.4 Å². The van der Waals surface area contributed by atoms with Crippen LogP contribution < -0.4 is 10.6 Å². The molecule has 0 saturated carbocycles. The Morgan fingerprint density at radius 3 is 2.95 bits per heavy atom. The minimum absolute atomic E-state index is 0.138. The lowest BCUT2D eigenvalue weighted by molar-refractivity contribution is 0.102. The van der Waals surface area contributed by atoms with E-state index in [-0.39, 0.29) is 11.7 Å². The first-order chi connectivity index (χ1) is 10.1. The van der Waals surface area contributed by atoms with Crippen molar-refractivity contribution < 1.29 is 9.90 Å². The summed E-state index contributed by atoms with van der Waals surface area (Å²) in [5.41, 5.74) is 4.29. The minimum atomic E-state index is -0.204. The second-order valence-electron chi connectivity index (χ2n) is 5.32. The van der Waals surface area contributed by atoms with Crippen molar-refractivity contribution in [3.05, 3.63) is 53.1 Å². The molecule has 0 radical (unpaired) electrons. The van der Waals surface area contributed by atoms with Crippen LogP contribution in [-0.2, 0) is 6.42 Å². The summed E-state index contributed by atoms with van der Waals surface area (Å²) < 4.78 is 0. The summed E-state index contributed by atoms with van der Waals surface area (Å²) in [6.07, 6.45) is 2.02. The molecule has 2 aromatic rings. The van der Waals surface area contributed by atoms with Crippen molar-refractivity contribution in [3.8, 4) is 5.75 Å². The van der Waals surface area contributed by atoms with E-state index in [0.717, 1.165) is 41.9 Å². The number of aromatic hydroxyl groups is 1. The van der Waals surface area contributed by atoms with Gasteiger partial charge in [-0.1, -0.05) is 12.1 Å². The predicted octanol–water partition coefficient (Wildman–Crippen LogP) is 3.31. The van der Waals surface area contributed by atoms with E-state index < -0.39 is 0 Å². The number of aryl methyl sites for hydroxylation is 1. The van der Waals surface area contributed by atoms with Gasteiger partial charge >= 0.3 is 0 Å². The van der Waals surface area contributed by atoms with Gasteiger partial charge in [-0.3, -0.25) is 4.79 Å². The highest BCUT2D eigenvalue weighted by atomic mass is 16.3. The third kappa shape index (κ3) is 2.70. The zero-order chi connectivity index (χ0) is 14.8. The second kappa shape index (κ2) is 5.48. The van der Waals surface area contributed by atoms with Crippen molar-refractivity contribution in [1.29, 1.82) is 0 Å². The fourth-order valence-corrected chi connectivity index (χ4v) is 2.57. The highest BCUT2D eigenvalue weighted by molar-refractivity contribution is 6.05. The maximum absolute atomic E-state index is 12.3. The fourth-order valence-electron chi connectivity index (χ4n) is 2.57. The molecule has 3 N–H and O–H groups in total. The van der Waals surface area contributed by atoms with E-state index in [0.29, 0.717) is 5.56 Å². The summed E-state index contributed by atoms with van der Waals surface area (Å²) in [4.78, 5) is 12.3. The molecule has 2 aromatic carbocycles. The molecule has 0 aromatic heterocycles. The number of phenols is 1. The average Bonchev–Trinajstić information content (AvgIpc) is 2.50. The second-order valence-corrected chi connectivity index (χ2v) is 5.32. The van der Waals surface area contributed by atoms with Gasteiger partial charge in [0, 0.05) is 23.5 Å². The molecule has 1 heterocycles. The maximum atomic E-state index is 12.3. The molecule has 0 unspecified atom stereocenters. The Balaban J connectivity index is 1.86. The molecule has 0 spiro atoms.